The van der Waals surface area contributed by atoms with Crippen LogP contribution in [0.4, 0.5) is 0 Å². The van der Waals surface area contributed by atoms with E-state index in [1.807, 2.05) is 54.6 Å². The number of aryl methyl sites for hydroxylation is 1. The lowest BCUT2D eigenvalue weighted by molar-refractivity contribution is -0.126. The number of rotatable bonds is 6. The molecule has 0 aliphatic carbocycles. The predicted octanol–water partition coefficient (Wildman–Crippen LogP) is 4.63. The summed E-state index contributed by atoms with van der Waals surface area (Å²) in [6.45, 7) is 4.68. The molecule has 26 heavy (non-hydrogen) atoms. The van der Waals surface area contributed by atoms with Crippen molar-refractivity contribution in [3.63, 3.8) is 0 Å². The summed E-state index contributed by atoms with van der Waals surface area (Å²) in [7, 11) is 0. The van der Waals surface area contributed by atoms with Gasteiger partial charge >= 0.3 is 0 Å². The summed E-state index contributed by atoms with van der Waals surface area (Å²) < 4.78 is 0. The molecule has 0 bridgehead atoms. The minimum Gasteiger partial charge on any atom is -0.284 e. The Labute approximate surface area is 159 Å². The number of carbonyl (C=O) groups excluding carboxylic acids is 1. The van der Waals surface area contributed by atoms with Crippen LogP contribution < -0.4 is 0 Å². The van der Waals surface area contributed by atoms with Crippen molar-refractivity contribution in [3.05, 3.63) is 71.3 Å². The predicted molar refractivity (Wildman–Crippen MR) is 109 cm³/mol. The second kappa shape index (κ2) is 8.81. The third-order valence-electron chi connectivity index (χ3n) is 4.18. The Bertz CT molecular complexity index is 800. The van der Waals surface area contributed by atoms with Gasteiger partial charge in [-0.1, -0.05) is 85.3 Å². The van der Waals surface area contributed by atoms with Gasteiger partial charge < -0.3 is 0 Å². The molecule has 0 saturated carbocycles. The standard InChI is InChI=1S/C21H23N3OS/c1-3-7-19-20(25)24(15-18-8-5-4-6-9-18)21(26-19)23-22-14-17-12-10-16(2)11-13-17/h4-6,8-14,19H,3,7,15H2,1-2H3/b22-14+,23-21-. The zero-order valence-electron chi connectivity index (χ0n) is 15.1. The summed E-state index contributed by atoms with van der Waals surface area (Å²) in [6, 6.07) is 18.1. The van der Waals surface area contributed by atoms with Crippen molar-refractivity contribution in [3.8, 4) is 0 Å². The summed E-state index contributed by atoms with van der Waals surface area (Å²) >= 11 is 1.52. The Hall–Kier alpha value is -2.40. The van der Waals surface area contributed by atoms with Crippen LogP contribution in [0.5, 0.6) is 0 Å². The number of hydrogen-bond donors (Lipinski definition) is 0. The first-order valence-corrected chi connectivity index (χ1v) is 9.75. The lowest BCUT2D eigenvalue weighted by Gasteiger charge is -2.15. The van der Waals surface area contributed by atoms with Crippen LogP contribution in [0.1, 0.15) is 36.5 Å². The van der Waals surface area contributed by atoms with Crippen LogP contribution >= 0.6 is 11.8 Å². The lowest BCUT2D eigenvalue weighted by Crippen LogP contribution is -2.31. The van der Waals surface area contributed by atoms with Crippen LogP contribution in [0.15, 0.2) is 64.8 Å². The number of hydrogen-bond acceptors (Lipinski definition) is 4. The van der Waals surface area contributed by atoms with Crippen LogP contribution in [0.2, 0.25) is 0 Å². The highest BCUT2D eigenvalue weighted by atomic mass is 32.2. The number of carbonyl (C=O) groups is 1. The minimum atomic E-state index is -0.0583. The molecule has 4 nitrogen and oxygen atoms in total. The highest BCUT2D eigenvalue weighted by Crippen LogP contribution is 2.31. The SMILES string of the molecule is CCCC1S/C(=N\N=C\c2ccc(C)cc2)N(Cc2ccccc2)C1=O. The summed E-state index contributed by atoms with van der Waals surface area (Å²) in [4.78, 5) is 14.5. The molecule has 0 radical (unpaired) electrons. The fourth-order valence-corrected chi connectivity index (χ4v) is 3.95. The van der Waals surface area contributed by atoms with Crippen LogP contribution in [0, 0.1) is 6.92 Å². The monoisotopic (exact) mass is 365 g/mol. The van der Waals surface area contributed by atoms with Gasteiger partial charge in [-0.05, 0) is 24.5 Å². The van der Waals surface area contributed by atoms with Crippen LogP contribution in [-0.4, -0.2) is 27.4 Å². The molecule has 1 saturated heterocycles. The van der Waals surface area contributed by atoms with Crippen molar-refractivity contribution < 1.29 is 4.79 Å². The van der Waals surface area contributed by atoms with Crippen molar-refractivity contribution in [1.82, 2.24) is 4.90 Å². The number of amidine groups is 1. The summed E-state index contributed by atoms with van der Waals surface area (Å²) in [5.74, 6) is 0.130. The Morgan fingerprint density at radius 1 is 1.12 bits per heavy atom. The highest BCUT2D eigenvalue weighted by Gasteiger charge is 2.37. The normalized spacial score (nSPS) is 19.0. The first-order chi connectivity index (χ1) is 12.7. The van der Waals surface area contributed by atoms with Gasteiger partial charge in [0.1, 0.15) is 0 Å². The van der Waals surface area contributed by atoms with Crippen LogP contribution in [0.25, 0.3) is 0 Å². The van der Waals surface area contributed by atoms with Gasteiger partial charge in [0.05, 0.1) is 18.0 Å². The van der Waals surface area contributed by atoms with Gasteiger partial charge in [-0.2, -0.15) is 5.10 Å². The molecule has 0 aromatic heterocycles. The van der Waals surface area contributed by atoms with E-state index < -0.39 is 0 Å². The Morgan fingerprint density at radius 2 is 1.85 bits per heavy atom. The first-order valence-electron chi connectivity index (χ1n) is 8.87. The molecule has 1 unspecified atom stereocenters. The molecule has 0 N–H and O–H groups in total. The summed E-state index contributed by atoms with van der Waals surface area (Å²) in [5, 5.41) is 9.20. The number of nitrogens with zero attached hydrogens (tertiary/aromatic N) is 3. The molecular formula is C21H23N3OS. The molecule has 1 amide bonds. The van der Waals surface area contributed by atoms with E-state index in [1.165, 1.54) is 17.3 Å². The van der Waals surface area contributed by atoms with Crippen LogP contribution in [0.3, 0.4) is 0 Å². The van der Waals surface area contributed by atoms with Crippen molar-refractivity contribution in [2.45, 2.75) is 38.5 Å². The van der Waals surface area contributed by atoms with Gasteiger partial charge in [0, 0.05) is 0 Å². The van der Waals surface area contributed by atoms with E-state index in [9.17, 15) is 4.79 Å². The van der Waals surface area contributed by atoms with Gasteiger partial charge in [-0.15, -0.1) is 5.10 Å². The van der Waals surface area contributed by atoms with Gasteiger partial charge in [-0.3, -0.25) is 9.69 Å². The van der Waals surface area contributed by atoms with E-state index in [0.717, 1.165) is 24.0 Å². The van der Waals surface area contributed by atoms with E-state index in [2.05, 4.69) is 24.1 Å². The van der Waals surface area contributed by atoms with Crippen molar-refractivity contribution >= 4 is 29.1 Å². The van der Waals surface area contributed by atoms with Gasteiger partial charge in [0.2, 0.25) is 5.91 Å². The Kier molecular flexibility index (Phi) is 6.23. The minimum absolute atomic E-state index is 0.0583. The topological polar surface area (TPSA) is 45.0 Å². The molecule has 0 spiro atoms. The fraction of sp³-hybridized carbons (Fsp3) is 0.286. The molecule has 5 heteroatoms. The van der Waals surface area contributed by atoms with Crippen LogP contribution in [-0.2, 0) is 11.3 Å². The lowest BCUT2D eigenvalue weighted by atomic mass is 10.2. The molecule has 2 aromatic carbocycles. The summed E-state index contributed by atoms with van der Waals surface area (Å²) in [5.41, 5.74) is 3.30. The summed E-state index contributed by atoms with van der Waals surface area (Å²) in [6.07, 6.45) is 3.56. The maximum atomic E-state index is 12.8. The second-order valence-corrected chi connectivity index (χ2v) is 7.51. The maximum Gasteiger partial charge on any atom is 0.242 e. The Morgan fingerprint density at radius 3 is 2.54 bits per heavy atom. The van der Waals surface area contributed by atoms with Gasteiger partial charge in [0.15, 0.2) is 5.17 Å². The molecule has 1 atom stereocenters. The van der Waals surface area contributed by atoms with Gasteiger partial charge in [-0.25, -0.2) is 0 Å². The second-order valence-electron chi connectivity index (χ2n) is 6.34. The third kappa shape index (κ3) is 4.61. The third-order valence-corrected chi connectivity index (χ3v) is 5.42. The first kappa shape index (κ1) is 18.4. The van der Waals surface area contributed by atoms with Crippen molar-refractivity contribution in [2.75, 3.05) is 0 Å². The zero-order valence-corrected chi connectivity index (χ0v) is 15.9. The molecule has 134 valence electrons. The Balaban J connectivity index is 1.79. The molecule has 1 fully saturated rings. The molecular weight excluding hydrogens is 342 g/mol. The molecule has 1 aliphatic heterocycles. The van der Waals surface area contributed by atoms with E-state index in [0.29, 0.717) is 11.7 Å². The van der Waals surface area contributed by atoms with Crippen molar-refractivity contribution in [1.29, 1.82) is 0 Å². The number of benzene rings is 2. The number of amides is 1. The smallest absolute Gasteiger partial charge is 0.242 e. The average Bonchev–Trinajstić information content (AvgIpc) is 2.94. The maximum absolute atomic E-state index is 12.8. The van der Waals surface area contributed by atoms with E-state index in [-0.39, 0.29) is 11.2 Å². The zero-order chi connectivity index (χ0) is 18.4. The average molecular weight is 366 g/mol. The molecule has 2 aromatic rings. The van der Waals surface area contributed by atoms with Gasteiger partial charge in [0.25, 0.3) is 0 Å². The largest absolute Gasteiger partial charge is 0.284 e. The highest BCUT2D eigenvalue weighted by molar-refractivity contribution is 8.15. The number of thioether (sulfide) groups is 1. The molecule has 3 rings (SSSR count). The van der Waals surface area contributed by atoms with E-state index >= 15 is 0 Å². The van der Waals surface area contributed by atoms with E-state index in [1.54, 1.807) is 11.1 Å². The molecule has 1 aliphatic rings. The van der Waals surface area contributed by atoms with E-state index in [4.69, 9.17) is 0 Å². The fourth-order valence-electron chi connectivity index (χ4n) is 2.74. The van der Waals surface area contributed by atoms with Crippen molar-refractivity contribution in [2.24, 2.45) is 10.2 Å². The quantitative estimate of drug-likeness (QED) is 0.553. The molecule has 1 heterocycles.